The number of anilines is 1. The average molecular weight is 615 g/mol. The van der Waals surface area contributed by atoms with Crippen LogP contribution in [0, 0.1) is 6.92 Å². The van der Waals surface area contributed by atoms with E-state index in [1.807, 2.05) is 38.1 Å². The van der Waals surface area contributed by atoms with Crippen LogP contribution in [0.15, 0.2) is 46.2 Å². The Bertz CT molecular complexity index is 1460. The fraction of sp³-hybridized carbons (Fsp3) is 0.500. The van der Waals surface area contributed by atoms with Gasteiger partial charge in [-0.15, -0.1) is 11.8 Å². The van der Waals surface area contributed by atoms with Gasteiger partial charge >= 0.3 is 0 Å². The van der Waals surface area contributed by atoms with Gasteiger partial charge in [-0.3, -0.25) is 28.8 Å². The number of fused-ring (bicyclic) bond motifs is 1. The monoisotopic (exact) mass is 614 g/mol. The lowest BCUT2D eigenvalue weighted by Gasteiger charge is -2.37. The second-order valence-corrected chi connectivity index (χ2v) is 13.7. The first-order chi connectivity index (χ1) is 20.2. The minimum atomic E-state index is -3.76. The number of thioether (sulfide) groups is 1. The highest BCUT2D eigenvalue weighted by molar-refractivity contribution is 7.99. The van der Waals surface area contributed by atoms with E-state index in [-0.39, 0.29) is 29.7 Å². The predicted molar refractivity (Wildman–Crippen MR) is 161 cm³/mol. The summed E-state index contributed by atoms with van der Waals surface area (Å²) in [5.74, 6) is 0.0769. The van der Waals surface area contributed by atoms with Crippen molar-refractivity contribution in [2.45, 2.75) is 61.9 Å². The molecule has 1 N–H and O–H groups in total. The summed E-state index contributed by atoms with van der Waals surface area (Å²) >= 11 is 1.74. The molecule has 0 spiro atoms. The summed E-state index contributed by atoms with van der Waals surface area (Å²) in [6, 6.07) is 10.3. The number of piperazine rings is 1. The molecule has 2 saturated heterocycles. The number of hydrogen-bond acceptors (Lipinski definition) is 9. The summed E-state index contributed by atoms with van der Waals surface area (Å²) in [7, 11) is -3.76. The molecule has 12 heteroatoms. The molecule has 0 saturated carbocycles. The van der Waals surface area contributed by atoms with E-state index in [0.717, 1.165) is 66.6 Å². The maximum atomic E-state index is 13.1. The highest BCUT2D eigenvalue weighted by atomic mass is 32.2. The number of carbonyl (C=O) groups is 3. The van der Waals surface area contributed by atoms with E-state index in [2.05, 4.69) is 15.1 Å². The summed E-state index contributed by atoms with van der Waals surface area (Å²) in [4.78, 5) is 44.5. The van der Waals surface area contributed by atoms with Crippen molar-refractivity contribution in [2.75, 3.05) is 50.0 Å². The molecule has 0 bridgehead atoms. The molecule has 0 aliphatic carbocycles. The molecule has 2 aromatic carbocycles. The lowest BCUT2D eigenvalue weighted by Crippen LogP contribution is -2.52. The Morgan fingerprint density at radius 1 is 1.07 bits per heavy atom. The first-order valence-electron chi connectivity index (χ1n) is 14.5. The lowest BCUT2D eigenvalue weighted by atomic mass is 10.0. The number of amides is 3. The summed E-state index contributed by atoms with van der Waals surface area (Å²) in [5.41, 5.74) is 3.58. The van der Waals surface area contributed by atoms with Crippen molar-refractivity contribution in [3.63, 3.8) is 0 Å². The van der Waals surface area contributed by atoms with Gasteiger partial charge in [0.1, 0.15) is 6.04 Å². The highest BCUT2D eigenvalue weighted by Crippen LogP contribution is 2.34. The van der Waals surface area contributed by atoms with Crippen molar-refractivity contribution in [1.29, 1.82) is 0 Å². The minimum absolute atomic E-state index is 0.147. The molecule has 2 fully saturated rings. The number of rotatable bonds is 11. The second kappa shape index (κ2) is 13.2. The fourth-order valence-corrected chi connectivity index (χ4v) is 7.75. The van der Waals surface area contributed by atoms with Gasteiger partial charge in [-0.2, -0.15) is 8.42 Å². The SMILES string of the molecule is CCCOS(=O)(=O)c1ccc(C)c(N2CCN(CCCSc3cccc4c3CN(C3CCC(=O)NC3=O)C4=O)CC2)c1. The molecule has 1 unspecified atom stereocenters. The van der Waals surface area contributed by atoms with Crippen molar-refractivity contribution >= 4 is 45.3 Å². The second-order valence-electron chi connectivity index (χ2n) is 10.9. The van der Waals surface area contributed by atoms with Gasteiger partial charge in [0.15, 0.2) is 0 Å². The molecule has 3 aliphatic heterocycles. The largest absolute Gasteiger partial charge is 0.369 e. The molecule has 2 aromatic rings. The smallest absolute Gasteiger partial charge is 0.297 e. The van der Waals surface area contributed by atoms with Crippen LogP contribution in [0.5, 0.6) is 0 Å². The van der Waals surface area contributed by atoms with E-state index in [1.54, 1.807) is 28.8 Å². The van der Waals surface area contributed by atoms with Gasteiger partial charge in [-0.05, 0) is 73.9 Å². The van der Waals surface area contributed by atoms with Crippen LogP contribution in [-0.2, 0) is 30.4 Å². The van der Waals surface area contributed by atoms with E-state index in [9.17, 15) is 22.8 Å². The Morgan fingerprint density at radius 2 is 1.86 bits per heavy atom. The number of nitrogens with one attached hydrogen (secondary N) is 1. The van der Waals surface area contributed by atoms with Crippen LogP contribution in [0.3, 0.4) is 0 Å². The Kier molecular flexibility index (Phi) is 9.56. The molecule has 5 rings (SSSR count). The number of aryl methyl sites for hydroxylation is 1. The van der Waals surface area contributed by atoms with E-state index in [1.165, 1.54) is 0 Å². The highest BCUT2D eigenvalue weighted by Gasteiger charge is 2.39. The Hall–Kier alpha value is -2.93. The summed E-state index contributed by atoms with van der Waals surface area (Å²) < 4.78 is 30.2. The zero-order valence-corrected chi connectivity index (χ0v) is 25.8. The van der Waals surface area contributed by atoms with E-state index in [0.29, 0.717) is 24.9 Å². The van der Waals surface area contributed by atoms with Gasteiger partial charge in [-0.1, -0.05) is 19.1 Å². The normalized spacial score (nSPS) is 19.8. The molecule has 0 radical (unpaired) electrons. The number of benzene rings is 2. The van der Waals surface area contributed by atoms with Crippen LogP contribution in [-0.4, -0.2) is 87.1 Å². The first kappa shape index (κ1) is 30.5. The van der Waals surface area contributed by atoms with Crippen LogP contribution >= 0.6 is 11.8 Å². The third-order valence-electron chi connectivity index (χ3n) is 8.04. The molecular formula is C30H38N4O6S2. The number of hydrogen-bond donors (Lipinski definition) is 1. The van der Waals surface area contributed by atoms with Gasteiger partial charge in [0.25, 0.3) is 16.0 Å². The summed E-state index contributed by atoms with van der Waals surface area (Å²) in [5, 5.41) is 2.36. The predicted octanol–water partition coefficient (Wildman–Crippen LogP) is 3.18. The standard InChI is InChI=1S/C30H38N4O6S2/c1-3-17-40-42(38,39)22-9-8-21(2)26(19-22)33-15-13-32(14-16-33)12-5-18-41-27-7-4-6-23-24(27)20-34(30(23)37)25-10-11-28(35)31-29(25)36/h4,6-9,19,25H,3,5,10-18,20H2,1-2H3,(H,31,35,36). The molecule has 1 atom stereocenters. The fourth-order valence-electron chi connectivity index (χ4n) is 5.72. The van der Waals surface area contributed by atoms with Crippen LogP contribution in [0.1, 0.15) is 54.1 Å². The first-order valence-corrected chi connectivity index (χ1v) is 16.9. The molecule has 10 nitrogen and oxygen atoms in total. The van der Waals surface area contributed by atoms with Crippen molar-refractivity contribution in [1.82, 2.24) is 15.1 Å². The maximum Gasteiger partial charge on any atom is 0.297 e. The van der Waals surface area contributed by atoms with Crippen LogP contribution < -0.4 is 10.2 Å². The molecule has 3 heterocycles. The van der Waals surface area contributed by atoms with E-state index in [4.69, 9.17) is 4.18 Å². The van der Waals surface area contributed by atoms with Gasteiger partial charge < -0.3 is 9.80 Å². The molecule has 226 valence electrons. The third kappa shape index (κ3) is 6.66. The quantitative estimate of drug-likeness (QED) is 0.176. The average Bonchev–Trinajstić information content (AvgIpc) is 3.31. The molecule has 0 aromatic heterocycles. The Morgan fingerprint density at radius 3 is 2.60 bits per heavy atom. The Labute approximate surface area is 251 Å². The molecular weight excluding hydrogens is 576 g/mol. The molecule has 3 aliphatic rings. The van der Waals surface area contributed by atoms with Gasteiger partial charge in [-0.25, -0.2) is 0 Å². The Balaban J connectivity index is 1.11. The van der Waals surface area contributed by atoms with Crippen molar-refractivity contribution in [3.05, 3.63) is 53.1 Å². The topological polar surface area (TPSA) is 116 Å². The minimum Gasteiger partial charge on any atom is -0.369 e. The van der Waals surface area contributed by atoms with Crippen molar-refractivity contribution < 1.29 is 27.0 Å². The lowest BCUT2D eigenvalue weighted by molar-refractivity contribution is -0.136. The zero-order chi connectivity index (χ0) is 29.9. The number of imide groups is 1. The maximum absolute atomic E-state index is 13.1. The molecule has 3 amide bonds. The van der Waals surface area contributed by atoms with Crippen LogP contribution in [0.2, 0.25) is 0 Å². The van der Waals surface area contributed by atoms with Crippen LogP contribution in [0.4, 0.5) is 5.69 Å². The van der Waals surface area contributed by atoms with Crippen molar-refractivity contribution in [3.8, 4) is 0 Å². The zero-order valence-electron chi connectivity index (χ0n) is 24.1. The van der Waals surface area contributed by atoms with E-state index >= 15 is 0 Å². The van der Waals surface area contributed by atoms with Crippen molar-refractivity contribution in [2.24, 2.45) is 0 Å². The third-order valence-corrected chi connectivity index (χ3v) is 10.5. The summed E-state index contributed by atoms with van der Waals surface area (Å²) in [6.45, 7) is 8.81. The van der Waals surface area contributed by atoms with E-state index < -0.39 is 22.1 Å². The van der Waals surface area contributed by atoms with Gasteiger partial charge in [0, 0.05) is 55.3 Å². The summed E-state index contributed by atoms with van der Waals surface area (Å²) in [6.07, 6.45) is 2.22. The van der Waals surface area contributed by atoms with Gasteiger partial charge in [0.2, 0.25) is 11.8 Å². The van der Waals surface area contributed by atoms with Crippen LogP contribution in [0.25, 0.3) is 0 Å². The number of carbonyl (C=O) groups excluding carboxylic acids is 3. The van der Waals surface area contributed by atoms with Gasteiger partial charge in [0.05, 0.1) is 11.5 Å². The molecule has 42 heavy (non-hydrogen) atoms. The number of piperidine rings is 1. The number of nitrogens with zero attached hydrogens (tertiary/aromatic N) is 3.